The van der Waals surface area contributed by atoms with E-state index in [1.165, 1.54) is 0 Å². The third kappa shape index (κ3) is 2.40. The first kappa shape index (κ1) is 12.7. The molecule has 0 unspecified atom stereocenters. The number of aromatic nitrogens is 4. The molecule has 0 radical (unpaired) electrons. The Bertz CT molecular complexity index is 732. The van der Waals surface area contributed by atoms with Crippen molar-refractivity contribution in [1.29, 1.82) is 0 Å². The number of rotatable bonds is 4. The van der Waals surface area contributed by atoms with Crippen molar-refractivity contribution in [1.82, 2.24) is 19.5 Å². The molecule has 3 aromatic rings. The fourth-order valence-electron chi connectivity index (χ4n) is 2.24. The molecule has 5 nitrogen and oxygen atoms in total. The van der Waals surface area contributed by atoms with Crippen molar-refractivity contribution in [3.05, 3.63) is 42.6 Å². The first-order valence-electron chi connectivity index (χ1n) is 6.71. The average molecular weight is 267 g/mol. The fraction of sp³-hybridized carbons (Fsp3) is 0.267. The van der Waals surface area contributed by atoms with Crippen LogP contribution in [-0.2, 0) is 13.5 Å². The largest absolute Gasteiger partial charge is 0.334 e. The van der Waals surface area contributed by atoms with Crippen LogP contribution in [0.5, 0.6) is 0 Å². The van der Waals surface area contributed by atoms with Gasteiger partial charge in [0, 0.05) is 25.2 Å². The summed E-state index contributed by atoms with van der Waals surface area (Å²) in [6.45, 7) is 0.660. The Morgan fingerprint density at radius 3 is 2.95 bits per heavy atom. The topological polar surface area (TPSA) is 69.6 Å². The second-order valence-corrected chi connectivity index (χ2v) is 4.81. The molecule has 0 saturated carbocycles. The SMILES string of the molecule is Cn1cnc2cc(-c3ccnc(CCCN)n3)ccc21. The van der Waals surface area contributed by atoms with E-state index in [1.807, 2.05) is 24.0 Å². The standard InChI is InChI=1S/C15H17N5/c1-20-10-18-13-9-11(4-5-14(13)20)12-6-8-17-15(19-12)3-2-7-16/h4-6,8-10H,2-3,7,16H2,1H3. The van der Waals surface area contributed by atoms with Gasteiger partial charge in [0.15, 0.2) is 0 Å². The van der Waals surface area contributed by atoms with Crippen molar-refractivity contribution in [3.63, 3.8) is 0 Å². The van der Waals surface area contributed by atoms with Crippen LogP contribution in [0.3, 0.4) is 0 Å². The van der Waals surface area contributed by atoms with E-state index in [-0.39, 0.29) is 0 Å². The Labute approximate surface area is 117 Å². The van der Waals surface area contributed by atoms with Gasteiger partial charge in [-0.2, -0.15) is 0 Å². The van der Waals surface area contributed by atoms with Crippen LogP contribution in [-0.4, -0.2) is 26.1 Å². The average Bonchev–Trinajstić information content (AvgIpc) is 2.86. The molecule has 0 spiro atoms. The molecule has 1 aromatic carbocycles. The van der Waals surface area contributed by atoms with Gasteiger partial charge in [-0.25, -0.2) is 15.0 Å². The summed E-state index contributed by atoms with van der Waals surface area (Å²) in [5.74, 6) is 0.842. The highest BCUT2D eigenvalue weighted by molar-refractivity contribution is 5.81. The molecule has 0 saturated heterocycles. The smallest absolute Gasteiger partial charge is 0.128 e. The minimum Gasteiger partial charge on any atom is -0.334 e. The van der Waals surface area contributed by atoms with Crippen LogP contribution in [0.2, 0.25) is 0 Å². The summed E-state index contributed by atoms with van der Waals surface area (Å²) in [6.07, 6.45) is 5.34. The van der Waals surface area contributed by atoms with Crippen molar-refractivity contribution >= 4 is 11.0 Å². The lowest BCUT2D eigenvalue weighted by atomic mass is 10.1. The normalized spacial score (nSPS) is 11.1. The molecular weight excluding hydrogens is 250 g/mol. The Hall–Kier alpha value is -2.27. The molecule has 0 aliphatic carbocycles. The number of nitrogens with zero attached hydrogens (tertiary/aromatic N) is 4. The molecule has 0 amide bonds. The highest BCUT2D eigenvalue weighted by Gasteiger charge is 2.05. The molecule has 0 atom stereocenters. The van der Waals surface area contributed by atoms with Crippen LogP contribution in [0.15, 0.2) is 36.8 Å². The van der Waals surface area contributed by atoms with Crippen molar-refractivity contribution in [2.75, 3.05) is 6.54 Å². The molecule has 0 aliphatic rings. The molecule has 102 valence electrons. The number of aryl methyl sites for hydroxylation is 2. The minimum atomic E-state index is 0.660. The van der Waals surface area contributed by atoms with Crippen LogP contribution in [0.1, 0.15) is 12.2 Å². The van der Waals surface area contributed by atoms with Crippen LogP contribution < -0.4 is 5.73 Å². The second kappa shape index (κ2) is 5.38. The molecular formula is C15H17N5. The predicted molar refractivity (Wildman–Crippen MR) is 79.1 cm³/mol. The number of nitrogens with two attached hydrogens (primary N) is 1. The second-order valence-electron chi connectivity index (χ2n) is 4.81. The zero-order chi connectivity index (χ0) is 13.9. The molecule has 2 heterocycles. The third-order valence-corrected chi connectivity index (χ3v) is 3.33. The Morgan fingerprint density at radius 1 is 1.20 bits per heavy atom. The molecule has 2 N–H and O–H groups in total. The first-order chi connectivity index (χ1) is 9.78. The van der Waals surface area contributed by atoms with E-state index in [2.05, 4.69) is 33.2 Å². The summed E-state index contributed by atoms with van der Waals surface area (Å²) in [5.41, 5.74) is 9.61. The number of hydrogen-bond acceptors (Lipinski definition) is 4. The Kier molecular flexibility index (Phi) is 3.43. The molecule has 0 bridgehead atoms. The van der Waals surface area contributed by atoms with Gasteiger partial charge in [-0.3, -0.25) is 0 Å². The van der Waals surface area contributed by atoms with Gasteiger partial charge in [0.25, 0.3) is 0 Å². The maximum atomic E-state index is 5.52. The van der Waals surface area contributed by atoms with Gasteiger partial charge in [0.2, 0.25) is 0 Å². The summed E-state index contributed by atoms with van der Waals surface area (Å²) < 4.78 is 2.01. The van der Waals surface area contributed by atoms with Gasteiger partial charge in [-0.15, -0.1) is 0 Å². The maximum absolute atomic E-state index is 5.52. The molecule has 5 heteroatoms. The number of fused-ring (bicyclic) bond motifs is 1. The predicted octanol–water partition coefficient (Wildman–Crippen LogP) is 1.92. The zero-order valence-electron chi connectivity index (χ0n) is 11.5. The van der Waals surface area contributed by atoms with E-state index < -0.39 is 0 Å². The van der Waals surface area contributed by atoms with E-state index in [0.717, 1.165) is 41.0 Å². The van der Waals surface area contributed by atoms with Crippen molar-refractivity contribution in [2.45, 2.75) is 12.8 Å². The summed E-state index contributed by atoms with van der Waals surface area (Å²) in [5, 5.41) is 0. The minimum absolute atomic E-state index is 0.660. The van der Waals surface area contributed by atoms with Gasteiger partial charge in [0.05, 0.1) is 23.1 Å². The van der Waals surface area contributed by atoms with Gasteiger partial charge >= 0.3 is 0 Å². The lowest BCUT2D eigenvalue weighted by Gasteiger charge is -2.04. The first-order valence-corrected chi connectivity index (χ1v) is 6.71. The van der Waals surface area contributed by atoms with Crippen LogP contribution in [0, 0.1) is 0 Å². The van der Waals surface area contributed by atoms with Gasteiger partial charge in [0.1, 0.15) is 5.82 Å². The monoisotopic (exact) mass is 267 g/mol. The molecule has 0 fully saturated rings. The number of hydrogen-bond donors (Lipinski definition) is 1. The fourth-order valence-corrected chi connectivity index (χ4v) is 2.24. The highest BCUT2D eigenvalue weighted by atomic mass is 15.0. The van der Waals surface area contributed by atoms with E-state index in [0.29, 0.717) is 6.54 Å². The molecule has 3 rings (SSSR count). The van der Waals surface area contributed by atoms with Crippen LogP contribution in [0.4, 0.5) is 0 Å². The number of imidazole rings is 1. The summed E-state index contributed by atoms with van der Waals surface area (Å²) in [7, 11) is 1.99. The van der Waals surface area contributed by atoms with Crippen LogP contribution in [0.25, 0.3) is 22.3 Å². The molecule has 20 heavy (non-hydrogen) atoms. The van der Waals surface area contributed by atoms with E-state index in [4.69, 9.17) is 5.73 Å². The van der Waals surface area contributed by atoms with E-state index in [1.54, 1.807) is 6.20 Å². The summed E-state index contributed by atoms with van der Waals surface area (Å²) in [6, 6.07) is 8.12. The van der Waals surface area contributed by atoms with Crippen molar-refractivity contribution in [3.8, 4) is 11.3 Å². The number of benzene rings is 1. The lowest BCUT2D eigenvalue weighted by Crippen LogP contribution is -2.03. The van der Waals surface area contributed by atoms with Crippen molar-refractivity contribution in [2.24, 2.45) is 12.8 Å². The zero-order valence-corrected chi connectivity index (χ0v) is 11.5. The Morgan fingerprint density at radius 2 is 2.10 bits per heavy atom. The van der Waals surface area contributed by atoms with Crippen molar-refractivity contribution < 1.29 is 0 Å². The lowest BCUT2D eigenvalue weighted by molar-refractivity contribution is 0.782. The third-order valence-electron chi connectivity index (χ3n) is 3.33. The van der Waals surface area contributed by atoms with Gasteiger partial charge in [-0.1, -0.05) is 6.07 Å². The van der Waals surface area contributed by atoms with Gasteiger partial charge < -0.3 is 10.3 Å². The van der Waals surface area contributed by atoms with Gasteiger partial charge in [-0.05, 0) is 31.2 Å². The van der Waals surface area contributed by atoms with Crippen LogP contribution >= 0.6 is 0 Å². The quantitative estimate of drug-likeness (QED) is 0.784. The highest BCUT2D eigenvalue weighted by Crippen LogP contribution is 2.21. The summed E-state index contributed by atoms with van der Waals surface area (Å²) in [4.78, 5) is 13.3. The van der Waals surface area contributed by atoms with E-state index in [9.17, 15) is 0 Å². The molecule has 0 aliphatic heterocycles. The summed E-state index contributed by atoms with van der Waals surface area (Å²) >= 11 is 0. The Balaban J connectivity index is 1.97. The van der Waals surface area contributed by atoms with E-state index >= 15 is 0 Å². The maximum Gasteiger partial charge on any atom is 0.128 e. The molecule has 2 aromatic heterocycles.